The molecule has 3 unspecified atom stereocenters. The van der Waals surface area contributed by atoms with Crippen LogP contribution in [0.3, 0.4) is 0 Å². The van der Waals surface area contributed by atoms with Crippen molar-refractivity contribution >= 4 is 5.97 Å². The molecule has 96 valence electrons. The predicted octanol–water partition coefficient (Wildman–Crippen LogP) is 2.42. The summed E-state index contributed by atoms with van der Waals surface area (Å²) in [7, 11) is 0. The SMILES string of the molecule is O=C(O)CC1(NCc2ccccc2)CCC2CC21. The number of carboxylic acid groups (broad SMARTS) is 1. The second kappa shape index (κ2) is 4.39. The number of carboxylic acids is 1. The van der Waals surface area contributed by atoms with E-state index in [0.29, 0.717) is 5.92 Å². The minimum absolute atomic E-state index is 0.146. The molecule has 0 heterocycles. The van der Waals surface area contributed by atoms with Gasteiger partial charge in [0.25, 0.3) is 0 Å². The topological polar surface area (TPSA) is 49.3 Å². The molecule has 0 radical (unpaired) electrons. The molecule has 2 aliphatic carbocycles. The maximum atomic E-state index is 11.1. The predicted molar refractivity (Wildman–Crippen MR) is 69.1 cm³/mol. The molecule has 0 bridgehead atoms. The lowest BCUT2D eigenvalue weighted by Crippen LogP contribution is -2.47. The van der Waals surface area contributed by atoms with E-state index in [1.165, 1.54) is 18.4 Å². The third-order valence-corrected chi connectivity index (χ3v) is 4.55. The maximum Gasteiger partial charge on any atom is 0.305 e. The van der Waals surface area contributed by atoms with E-state index in [1.807, 2.05) is 18.2 Å². The molecule has 3 nitrogen and oxygen atoms in total. The van der Waals surface area contributed by atoms with Gasteiger partial charge in [-0.2, -0.15) is 0 Å². The fraction of sp³-hybridized carbons (Fsp3) is 0.533. The van der Waals surface area contributed by atoms with Crippen LogP contribution in [-0.4, -0.2) is 16.6 Å². The molecule has 0 spiro atoms. The average molecular weight is 245 g/mol. The Kier molecular flexibility index (Phi) is 2.86. The van der Waals surface area contributed by atoms with E-state index in [1.54, 1.807) is 0 Å². The zero-order valence-electron chi connectivity index (χ0n) is 10.4. The zero-order chi connectivity index (χ0) is 12.6. The quantitative estimate of drug-likeness (QED) is 0.837. The summed E-state index contributed by atoms with van der Waals surface area (Å²) in [5.74, 6) is 0.702. The van der Waals surface area contributed by atoms with Crippen molar-refractivity contribution in [2.75, 3.05) is 0 Å². The van der Waals surface area contributed by atoms with Gasteiger partial charge < -0.3 is 10.4 Å². The number of aliphatic carboxylic acids is 1. The highest BCUT2D eigenvalue weighted by Gasteiger charge is 2.58. The van der Waals surface area contributed by atoms with Gasteiger partial charge in [0.15, 0.2) is 0 Å². The average Bonchev–Trinajstić information content (AvgIpc) is 3.08. The van der Waals surface area contributed by atoms with Gasteiger partial charge in [0.05, 0.1) is 6.42 Å². The largest absolute Gasteiger partial charge is 0.481 e. The van der Waals surface area contributed by atoms with Crippen molar-refractivity contribution in [2.45, 2.75) is 37.8 Å². The molecule has 2 N–H and O–H groups in total. The third kappa shape index (κ3) is 2.15. The Morgan fingerprint density at radius 3 is 2.72 bits per heavy atom. The van der Waals surface area contributed by atoms with E-state index < -0.39 is 5.97 Å². The van der Waals surface area contributed by atoms with Gasteiger partial charge in [0.1, 0.15) is 0 Å². The van der Waals surface area contributed by atoms with Gasteiger partial charge in [-0.3, -0.25) is 4.79 Å². The summed E-state index contributed by atoms with van der Waals surface area (Å²) < 4.78 is 0. The van der Waals surface area contributed by atoms with Crippen molar-refractivity contribution in [3.63, 3.8) is 0 Å². The van der Waals surface area contributed by atoms with Gasteiger partial charge in [-0.15, -0.1) is 0 Å². The van der Waals surface area contributed by atoms with Crippen LogP contribution in [0.5, 0.6) is 0 Å². The summed E-state index contributed by atoms with van der Waals surface area (Å²) >= 11 is 0. The molecule has 0 aliphatic heterocycles. The van der Waals surface area contributed by atoms with Gasteiger partial charge in [-0.05, 0) is 36.7 Å². The lowest BCUT2D eigenvalue weighted by molar-refractivity contribution is -0.139. The standard InChI is InChI=1S/C15H19NO2/c17-14(18)9-15(7-6-12-8-13(12)15)16-10-11-4-2-1-3-5-11/h1-5,12-13,16H,6-10H2,(H,17,18). The Morgan fingerprint density at radius 2 is 2.17 bits per heavy atom. The number of benzene rings is 1. The molecule has 3 atom stereocenters. The summed E-state index contributed by atoms with van der Waals surface area (Å²) in [6.45, 7) is 0.775. The fourth-order valence-electron chi connectivity index (χ4n) is 3.52. The number of hydrogen-bond donors (Lipinski definition) is 2. The summed E-state index contributed by atoms with van der Waals surface area (Å²) in [5, 5.41) is 12.7. The first-order chi connectivity index (χ1) is 8.70. The van der Waals surface area contributed by atoms with E-state index in [9.17, 15) is 4.79 Å². The molecule has 3 heteroatoms. The second-order valence-electron chi connectivity index (χ2n) is 5.71. The van der Waals surface area contributed by atoms with Crippen LogP contribution in [0.1, 0.15) is 31.2 Å². The molecule has 18 heavy (non-hydrogen) atoms. The van der Waals surface area contributed by atoms with Gasteiger partial charge >= 0.3 is 5.97 Å². The highest BCUT2D eigenvalue weighted by molar-refractivity contribution is 5.68. The molecular weight excluding hydrogens is 226 g/mol. The Labute approximate surface area is 107 Å². The second-order valence-corrected chi connectivity index (χ2v) is 5.71. The summed E-state index contributed by atoms with van der Waals surface area (Å²) in [6.07, 6.45) is 3.69. The Morgan fingerprint density at radius 1 is 1.39 bits per heavy atom. The molecule has 0 amide bonds. The molecular formula is C15H19NO2. The van der Waals surface area contributed by atoms with Crippen LogP contribution in [0.2, 0.25) is 0 Å². The van der Waals surface area contributed by atoms with E-state index in [2.05, 4.69) is 17.4 Å². The van der Waals surface area contributed by atoms with E-state index in [4.69, 9.17) is 5.11 Å². The van der Waals surface area contributed by atoms with Gasteiger partial charge in [0, 0.05) is 12.1 Å². The van der Waals surface area contributed by atoms with Crippen LogP contribution >= 0.6 is 0 Å². The monoisotopic (exact) mass is 245 g/mol. The summed E-state index contributed by atoms with van der Waals surface area (Å²) in [6, 6.07) is 10.2. The van der Waals surface area contributed by atoms with Crippen LogP contribution in [0.4, 0.5) is 0 Å². The minimum atomic E-state index is -0.678. The molecule has 0 aromatic heterocycles. The molecule has 1 aromatic rings. The first-order valence-electron chi connectivity index (χ1n) is 6.70. The van der Waals surface area contributed by atoms with E-state index >= 15 is 0 Å². The number of rotatable bonds is 5. The van der Waals surface area contributed by atoms with Crippen molar-refractivity contribution in [3.05, 3.63) is 35.9 Å². The maximum absolute atomic E-state index is 11.1. The van der Waals surface area contributed by atoms with Crippen LogP contribution in [0.15, 0.2) is 30.3 Å². The zero-order valence-corrected chi connectivity index (χ0v) is 10.4. The van der Waals surface area contributed by atoms with Crippen LogP contribution in [-0.2, 0) is 11.3 Å². The number of carbonyl (C=O) groups is 1. The van der Waals surface area contributed by atoms with Crippen molar-refractivity contribution in [2.24, 2.45) is 11.8 Å². The first kappa shape index (κ1) is 11.7. The van der Waals surface area contributed by atoms with E-state index in [-0.39, 0.29) is 12.0 Å². The normalized spacial score (nSPS) is 33.1. The van der Waals surface area contributed by atoms with Gasteiger partial charge in [0.2, 0.25) is 0 Å². The van der Waals surface area contributed by atoms with Crippen molar-refractivity contribution in [3.8, 4) is 0 Å². The van der Waals surface area contributed by atoms with E-state index in [0.717, 1.165) is 18.9 Å². The first-order valence-corrected chi connectivity index (χ1v) is 6.70. The fourth-order valence-corrected chi connectivity index (χ4v) is 3.52. The molecule has 3 rings (SSSR count). The number of fused-ring (bicyclic) bond motifs is 1. The van der Waals surface area contributed by atoms with Gasteiger partial charge in [-0.1, -0.05) is 30.3 Å². The summed E-state index contributed by atoms with van der Waals surface area (Å²) in [5.41, 5.74) is 1.08. The Balaban J connectivity index is 1.69. The van der Waals surface area contributed by atoms with Crippen molar-refractivity contribution in [1.82, 2.24) is 5.32 Å². The summed E-state index contributed by atoms with van der Waals surface area (Å²) in [4.78, 5) is 11.1. The van der Waals surface area contributed by atoms with Crippen LogP contribution < -0.4 is 5.32 Å². The Bertz CT molecular complexity index is 445. The highest BCUT2D eigenvalue weighted by atomic mass is 16.4. The molecule has 2 aliphatic rings. The lowest BCUT2D eigenvalue weighted by atomic mass is 9.88. The number of nitrogens with one attached hydrogen (secondary N) is 1. The third-order valence-electron chi connectivity index (χ3n) is 4.55. The van der Waals surface area contributed by atoms with Crippen LogP contribution in [0.25, 0.3) is 0 Å². The molecule has 2 fully saturated rings. The highest BCUT2D eigenvalue weighted by Crippen LogP contribution is 2.58. The van der Waals surface area contributed by atoms with Crippen molar-refractivity contribution < 1.29 is 9.90 Å². The van der Waals surface area contributed by atoms with Crippen LogP contribution in [0, 0.1) is 11.8 Å². The molecule has 1 aromatic carbocycles. The van der Waals surface area contributed by atoms with Crippen molar-refractivity contribution in [1.29, 1.82) is 0 Å². The Hall–Kier alpha value is -1.35. The molecule has 0 saturated heterocycles. The van der Waals surface area contributed by atoms with Gasteiger partial charge in [-0.25, -0.2) is 0 Å². The molecule has 2 saturated carbocycles. The minimum Gasteiger partial charge on any atom is -0.481 e. The number of hydrogen-bond acceptors (Lipinski definition) is 2. The smallest absolute Gasteiger partial charge is 0.305 e. The lowest BCUT2D eigenvalue weighted by Gasteiger charge is -2.31.